The Hall–Kier alpha value is -1.31. The highest BCUT2D eigenvalue weighted by molar-refractivity contribution is 5.96. The SMILES string of the molecule is CC(C)c1cc(C(C)C)c(C(N)=O)c(C(C)C)c1. The van der Waals surface area contributed by atoms with Crippen LogP contribution in [0.3, 0.4) is 0 Å². The average molecular weight is 247 g/mol. The molecule has 0 aromatic heterocycles. The summed E-state index contributed by atoms with van der Waals surface area (Å²) >= 11 is 0. The molecule has 1 aromatic carbocycles. The van der Waals surface area contributed by atoms with Gasteiger partial charge in [-0.05, 0) is 34.4 Å². The van der Waals surface area contributed by atoms with Crippen molar-refractivity contribution in [3.05, 3.63) is 34.4 Å². The molecule has 1 amide bonds. The van der Waals surface area contributed by atoms with Crippen molar-refractivity contribution >= 4 is 5.91 Å². The van der Waals surface area contributed by atoms with Crippen LogP contribution in [0.4, 0.5) is 0 Å². The van der Waals surface area contributed by atoms with E-state index in [0.29, 0.717) is 17.8 Å². The lowest BCUT2D eigenvalue weighted by atomic mass is 9.84. The lowest BCUT2D eigenvalue weighted by Crippen LogP contribution is -2.18. The molecule has 1 aromatic rings. The van der Waals surface area contributed by atoms with Gasteiger partial charge < -0.3 is 5.73 Å². The van der Waals surface area contributed by atoms with Gasteiger partial charge in [0.15, 0.2) is 0 Å². The second kappa shape index (κ2) is 5.55. The molecule has 0 aliphatic heterocycles. The zero-order chi connectivity index (χ0) is 14.0. The number of carbonyl (C=O) groups excluding carboxylic acids is 1. The van der Waals surface area contributed by atoms with Gasteiger partial charge in [-0.2, -0.15) is 0 Å². The maximum atomic E-state index is 11.8. The molecule has 0 aliphatic rings. The molecular weight excluding hydrogens is 222 g/mol. The fourth-order valence-electron chi connectivity index (χ4n) is 2.24. The number of amides is 1. The first kappa shape index (κ1) is 14.7. The minimum Gasteiger partial charge on any atom is -0.366 e. The van der Waals surface area contributed by atoms with Crippen LogP contribution < -0.4 is 5.73 Å². The van der Waals surface area contributed by atoms with Crippen LogP contribution in [0.15, 0.2) is 12.1 Å². The Bertz CT molecular complexity index is 415. The smallest absolute Gasteiger partial charge is 0.249 e. The topological polar surface area (TPSA) is 43.1 Å². The van der Waals surface area contributed by atoms with Gasteiger partial charge in [0.1, 0.15) is 0 Å². The molecule has 2 N–H and O–H groups in total. The van der Waals surface area contributed by atoms with E-state index in [1.54, 1.807) is 0 Å². The molecule has 1 rings (SSSR count). The summed E-state index contributed by atoms with van der Waals surface area (Å²) in [5.74, 6) is 0.770. The summed E-state index contributed by atoms with van der Waals surface area (Å²) in [6, 6.07) is 4.28. The van der Waals surface area contributed by atoms with Gasteiger partial charge in [0.25, 0.3) is 0 Å². The number of nitrogens with two attached hydrogens (primary N) is 1. The normalized spacial score (nSPS) is 11.6. The first-order chi connectivity index (χ1) is 8.25. The van der Waals surface area contributed by atoms with Gasteiger partial charge in [-0.15, -0.1) is 0 Å². The molecule has 2 nitrogen and oxygen atoms in total. The lowest BCUT2D eigenvalue weighted by Gasteiger charge is -2.20. The number of primary amides is 1. The summed E-state index contributed by atoms with van der Waals surface area (Å²) in [5.41, 5.74) is 9.75. The van der Waals surface area contributed by atoms with E-state index in [9.17, 15) is 4.79 Å². The van der Waals surface area contributed by atoms with Gasteiger partial charge in [0, 0.05) is 5.56 Å². The van der Waals surface area contributed by atoms with E-state index in [1.165, 1.54) is 5.56 Å². The largest absolute Gasteiger partial charge is 0.366 e. The van der Waals surface area contributed by atoms with Crippen molar-refractivity contribution in [2.45, 2.75) is 59.3 Å². The van der Waals surface area contributed by atoms with E-state index in [1.807, 2.05) is 0 Å². The quantitative estimate of drug-likeness (QED) is 0.853. The predicted molar refractivity (Wildman–Crippen MR) is 77.2 cm³/mol. The third kappa shape index (κ3) is 2.92. The molecule has 0 unspecified atom stereocenters. The Morgan fingerprint density at radius 3 is 1.50 bits per heavy atom. The fraction of sp³-hybridized carbons (Fsp3) is 0.562. The predicted octanol–water partition coefficient (Wildman–Crippen LogP) is 4.16. The maximum Gasteiger partial charge on any atom is 0.249 e. The van der Waals surface area contributed by atoms with Gasteiger partial charge in [-0.3, -0.25) is 4.79 Å². The number of hydrogen-bond acceptors (Lipinski definition) is 1. The van der Waals surface area contributed by atoms with Crippen LogP contribution in [0.5, 0.6) is 0 Å². The highest BCUT2D eigenvalue weighted by atomic mass is 16.1. The molecule has 0 aliphatic carbocycles. The lowest BCUT2D eigenvalue weighted by molar-refractivity contribution is 0.0997. The summed E-state index contributed by atoms with van der Waals surface area (Å²) in [6.45, 7) is 12.8. The Morgan fingerprint density at radius 2 is 1.28 bits per heavy atom. The zero-order valence-corrected chi connectivity index (χ0v) is 12.4. The molecule has 100 valence electrons. The van der Waals surface area contributed by atoms with Crippen molar-refractivity contribution in [1.82, 2.24) is 0 Å². The fourth-order valence-corrected chi connectivity index (χ4v) is 2.24. The van der Waals surface area contributed by atoms with Gasteiger partial charge in [0.2, 0.25) is 5.91 Å². The summed E-state index contributed by atoms with van der Waals surface area (Å²) < 4.78 is 0. The molecule has 0 saturated carbocycles. The van der Waals surface area contributed by atoms with E-state index in [4.69, 9.17) is 5.73 Å². The molecular formula is C16H25NO. The maximum absolute atomic E-state index is 11.8. The Morgan fingerprint density at radius 1 is 0.889 bits per heavy atom. The van der Waals surface area contributed by atoms with Crippen molar-refractivity contribution in [3.8, 4) is 0 Å². The van der Waals surface area contributed by atoms with Gasteiger partial charge in [0.05, 0.1) is 0 Å². The van der Waals surface area contributed by atoms with Crippen LogP contribution in [-0.4, -0.2) is 5.91 Å². The van der Waals surface area contributed by atoms with Crippen LogP contribution in [0.2, 0.25) is 0 Å². The van der Waals surface area contributed by atoms with Crippen molar-refractivity contribution in [1.29, 1.82) is 0 Å². The number of hydrogen-bond donors (Lipinski definition) is 1. The van der Waals surface area contributed by atoms with Crippen molar-refractivity contribution in [2.24, 2.45) is 5.73 Å². The van der Waals surface area contributed by atoms with Crippen LogP contribution in [-0.2, 0) is 0 Å². The average Bonchev–Trinajstić information content (AvgIpc) is 2.26. The minimum atomic E-state index is -0.308. The van der Waals surface area contributed by atoms with Crippen LogP contribution in [0, 0.1) is 0 Å². The van der Waals surface area contributed by atoms with Gasteiger partial charge in [-0.25, -0.2) is 0 Å². The van der Waals surface area contributed by atoms with Gasteiger partial charge >= 0.3 is 0 Å². The molecule has 2 heteroatoms. The minimum absolute atomic E-state index is 0.308. The van der Waals surface area contributed by atoms with Crippen molar-refractivity contribution < 1.29 is 4.79 Å². The second-order valence-electron chi connectivity index (χ2n) is 5.90. The zero-order valence-electron chi connectivity index (χ0n) is 12.4. The Kier molecular flexibility index (Phi) is 4.55. The van der Waals surface area contributed by atoms with Crippen LogP contribution in [0.1, 0.15) is 86.3 Å². The highest BCUT2D eigenvalue weighted by Crippen LogP contribution is 2.31. The Balaban J connectivity index is 3.60. The number of carbonyl (C=O) groups is 1. The Labute approximate surface area is 111 Å². The number of benzene rings is 1. The summed E-state index contributed by atoms with van der Waals surface area (Å²) in [4.78, 5) is 11.8. The molecule has 0 radical (unpaired) electrons. The van der Waals surface area contributed by atoms with Crippen LogP contribution in [0.25, 0.3) is 0 Å². The monoisotopic (exact) mass is 247 g/mol. The molecule has 0 fully saturated rings. The third-order valence-corrected chi connectivity index (χ3v) is 3.38. The molecule has 0 heterocycles. The van der Waals surface area contributed by atoms with E-state index in [0.717, 1.165) is 16.7 Å². The first-order valence-corrected chi connectivity index (χ1v) is 6.73. The summed E-state index contributed by atoms with van der Waals surface area (Å²) in [5, 5.41) is 0. The van der Waals surface area contributed by atoms with Crippen LogP contribution >= 0.6 is 0 Å². The number of rotatable bonds is 4. The summed E-state index contributed by atoms with van der Waals surface area (Å²) in [7, 11) is 0. The van der Waals surface area contributed by atoms with Crippen molar-refractivity contribution in [3.63, 3.8) is 0 Å². The molecule has 18 heavy (non-hydrogen) atoms. The van der Waals surface area contributed by atoms with Gasteiger partial charge in [-0.1, -0.05) is 53.7 Å². The van der Waals surface area contributed by atoms with E-state index in [2.05, 4.69) is 53.7 Å². The second-order valence-corrected chi connectivity index (χ2v) is 5.90. The molecule has 0 atom stereocenters. The van der Waals surface area contributed by atoms with E-state index in [-0.39, 0.29) is 5.91 Å². The molecule has 0 spiro atoms. The summed E-state index contributed by atoms with van der Waals surface area (Å²) in [6.07, 6.45) is 0. The van der Waals surface area contributed by atoms with E-state index < -0.39 is 0 Å². The molecule has 0 saturated heterocycles. The first-order valence-electron chi connectivity index (χ1n) is 6.73. The third-order valence-electron chi connectivity index (χ3n) is 3.38. The standard InChI is InChI=1S/C16H25NO/c1-9(2)12-7-13(10(3)4)15(16(17)18)14(8-12)11(5)6/h7-11H,1-6H3,(H2,17,18). The highest BCUT2D eigenvalue weighted by Gasteiger charge is 2.20. The van der Waals surface area contributed by atoms with E-state index >= 15 is 0 Å². The van der Waals surface area contributed by atoms with Crippen molar-refractivity contribution in [2.75, 3.05) is 0 Å². The molecule has 0 bridgehead atoms.